The smallest absolute Gasteiger partial charge is 0.328 e. The molecule has 0 atom stereocenters. The minimum absolute atomic E-state index is 0.215. The third kappa shape index (κ3) is 6.74. The van der Waals surface area contributed by atoms with Gasteiger partial charge in [0, 0.05) is 0 Å². The molecule has 0 N–H and O–H groups in total. The van der Waals surface area contributed by atoms with Crippen molar-refractivity contribution >= 4 is 12.0 Å². The molecular formula is C7H11NO3. The van der Waals surface area contributed by atoms with E-state index < -0.39 is 5.97 Å². The van der Waals surface area contributed by atoms with E-state index in [0.29, 0.717) is 6.61 Å². The first-order valence-corrected chi connectivity index (χ1v) is 3.50. The zero-order chi connectivity index (χ0) is 8.53. The molecule has 11 heavy (non-hydrogen) atoms. The van der Waals surface area contributed by atoms with Crippen LogP contribution < -0.4 is 0 Å². The molecule has 4 nitrogen and oxygen atoms in total. The van der Waals surface area contributed by atoms with Crippen LogP contribution in [0.25, 0.3) is 0 Å². The Bertz CT molecular complexity index is 161. The Morgan fingerprint density at radius 3 is 2.91 bits per heavy atom. The lowest BCUT2D eigenvalue weighted by Crippen LogP contribution is -2.08. The van der Waals surface area contributed by atoms with Gasteiger partial charge in [-0.15, -0.1) is 0 Å². The molecule has 4 heteroatoms. The van der Waals surface area contributed by atoms with Crippen molar-refractivity contribution in [2.45, 2.75) is 19.8 Å². The molecule has 0 fully saturated rings. The molecule has 0 spiro atoms. The first-order chi connectivity index (χ1) is 5.31. The fourth-order valence-corrected chi connectivity index (χ4v) is 0.473. The van der Waals surface area contributed by atoms with Crippen molar-refractivity contribution in [3.05, 3.63) is 0 Å². The molecule has 0 radical (unpaired) electrons. The predicted molar refractivity (Wildman–Crippen MR) is 38.9 cm³/mol. The standard InChI is InChI=1S/C7H11NO3/c1-2-3-4-11-7(10)5-8-6-9/h2-5H2,1H3. The molecule has 0 aliphatic carbocycles. The van der Waals surface area contributed by atoms with E-state index in [4.69, 9.17) is 0 Å². The van der Waals surface area contributed by atoms with E-state index in [1.807, 2.05) is 6.92 Å². The summed E-state index contributed by atoms with van der Waals surface area (Å²) in [6, 6.07) is 0. The number of esters is 1. The maximum atomic E-state index is 10.6. The van der Waals surface area contributed by atoms with E-state index in [0.717, 1.165) is 12.8 Å². The number of isocyanates is 1. The Kier molecular flexibility index (Phi) is 6.24. The highest BCUT2D eigenvalue weighted by Gasteiger charge is 1.98. The Balaban J connectivity index is 3.29. The van der Waals surface area contributed by atoms with Crippen LogP contribution in [0.3, 0.4) is 0 Å². The van der Waals surface area contributed by atoms with Gasteiger partial charge in [-0.3, -0.25) is 4.79 Å². The van der Waals surface area contributed by atoms with Gasteiger partial charge in [-0.25, -0.2) is 4.79 Å². The largest absolute Gasteiger partial charge is 0.464 e. The number of hydrogen-bond donors (Lipinski definition) is 0. The zero-order valence-corrected chi connectivity index (χ0v) is 6.50. The lowest BCUT2D eigenvalue weighted by Gasteiger charge is -1.98. The van der Waals surface area contributed by atoms with Crippen LogP contribution >= 0.6 is 0 Å². The number of carbonyl (C=O) groups is 1. The summed E-state index contributed by atoms with van der Waals surface area (Å²) in [6.07, 6.45) is 3.08. The van der Waals surface area contributed by atoms with Crippen LogP contribution in [0.4, 0.5) is 0 Å². The number of nitrogens with zero attached hydrogens (tertiary/aromatic N) is 1. The van der Waals surface area contributed by atoms with E-state index in [-0.39, 0.29) is 6.54 Å². The predicted octanol–water partition coefficient (Wildman–Crippen LogP) is 0.665. The molecule has 0 rings (SSSR count). The highest BCUT2D eigenvalue weighted by Crippen LogP contribution is 1.88. The van der Waals surface area contributed by atoms with E-state index in [1.165, 1.54) is 6.08 Å². The van der Waals surface area contributed by atoms with Crippen molar-refractivity contribution in [3.63, 3.8) is 0 Å². The van der Waals surface area contributed by atoms with Gasteiger partial charge in [0.2, 0.25) is 6.08 Å². The van der Waals surface area contributed by atoms with Gasteiger partial charge in [-0.05, 0) is 6.42 Å². The summed E-state index contributed by atoms with van der Waals surface area (Å²) in [7, 11) is 0. The molecule has 0 saturated carbocycles. The molecule has 0 bridgehead atoms. The van der Waals surface area contributed by atoms with Crippen molar-refractivity contribution in [3.8, 4) is 0 Å². The second-order valence-electron chi connectivity index (χ2n) is 1.98. The van der Waals surface area contributed by atoms with Crippen LogP contribution in [0, 0.1) is 0 Å². The second-order valence-corrected chi connectivity index (χ2v) is 1.98. The summed E-state index contributed by atoms with van der Waals surface area (Å²) in [5.74, 6) is -0.471. The minimum atomic E-state index is -0.471. The molecule has 0 unspecified atom stereocenters. The van der Waals surface area contributed by atoms with Crippen LogP contribution in [0.15, 0.2) is 4.99 Å². The van der Waals surface area contributed by atoms with Crippen LogP contribution in [-0.2, 0) is 14.3 Å². The average molecular weight is 157 g/mol. The quantitative estimate of drug-likeness (QED) is 0.255. The molecule has 0 aromatic carbocycles. The Morgan fingerprint density at radius 2 is 2.36 bits per heavy atom. The zero-order valence-electron chi connectivity index (χ0n) is 6.50. The van der Waals surface area contributed by atoms with Gasteiger partial charge < -0.3 is 4.74 Å². The highest BCUT2D eigenvalue weighted by molar-refractivity contribution is 5.72. The van der Waals surface area contributed by atoms with E-state index in [9.17, 15) is 9.59 Å². The molecule has 0 saturated heterocycles. The molecule has 0 heterocycles. The SMILES string of the molecule is CCCCOC(=O)CN=C=O. The molecule has 0 aromatic heterocycles. The maximum absolute atomic E-state index is 10.6. The van der Waals surface area contributed by atoms with Crippen molar-refractivity contribution in [1.29, 1.82) is 0 Å². The first-order valence-electron chi connectivity index (χ1n) is 3.50. The van der Waals surface area contributed by atoms with Gasteiger partial charge in [0.15, 0.2) is 0 Å². The molecule has 0 aliphatic heterocycles. The third-order valence-corrected chi connectivity index (χ3v) is 1.03. The number of carbonyl (C=O) groups excluding carboxylic acids is 2. The van der Waals surface area contributed by atoms with Crippen LogP contribution in [-0.4, -0.2) is 25.2 Å². The molecule has 0 aliphatic rings. The van der Waals surface area contributed by atoms with Crippen molar-refractivity contribution < 1.29 is 14.3 Å². The van der Waals surface area contributed by atoms with Crippen molar-refractivity contribution in [2.24, 2.45) is 4.99 Å². The average Bonchev–Trinajstić information content (AvgIpc) is 2.01. The number of hydrogen-bond acceptors (Lipinski definition) is 4. The topological polar surface area (TPSA) is 55.7 Å². The Hall–Kier alpha value is -1.15. The van der Waals surface area contributed by atoms with Gasteiger partial charge in [0.05, 0.1) is 6.61 Å². The summed E-state index contributed by atoms with van der Waals surface area (Å²) >= 11 is 0. The Morgan fingerprint density at radius 1 is 1.64 bits per heavy atom. The van der Waals surface area contributed by atoms with Gasteiger partial charge in [-0.2, -0.15) is 4.99 Å². The monoisotopic (exact) mass is 157 g/mol. The minimum Gasteiger partial charge on any atom is -0.464 e. The molecule has 0 aromatic rings. The maximum Gasteiger partial charge on any atom is 0.328 e. The van der Waals surface area contributed by atoms with Crippen molar-refractivity contribution in [2.75, 3.05) is 13.2 Å². The molecule has 62 valence electrons. The fraction of sp³-hybridized carbons (Fsp3) is 0.714. The van der Waals surface area contributed by atoms with Crippen molar-refractivity contribution in [1.82, 2.24) is 0 Å². The third-order valence-electron chi connectivity index (χ3n) is 1.03. The molecule has 0 amide bonds. The number of unbranched alkanes of at least 4 members (excludes halogenated alkanes) is 1. The van der Waals surface area contributed by atoms with Crippen LogP contribution in [0.5, 0.6) is 0 Å². The van der Waals surface area contributed by atoms with E-state index in [1.54, 1.807) is 0 Å². The summed E-state index contributed by atoms with van der Waals surface area (Å²) in [5.41, 5.74) is 0. The van der Waals surface area contributed by atoms with E-state index in [2.05, 4.69) is 9.73 Å². The number of ether oxygens (including phenoxy) is 1. The normalized spacial score (nSPS) is 8.45. The van der Waals surface area contributed by atoms with Gasteiger partial charge in [-0.1, -0.05) is 13.3 Å². The Labute approximate surface area is 65.3 Å². The van der Waals surface area contributed by atoms with E-state index >= 15 is 0 Å². The van der Waals surface area contributed by atoms with Gasteiger partial charge in [0.25, 0.3) is 0 Å². The van der Waals surface area contributed by atoms with Crippen LogP contribution in [0.2, 0.25) is 0 Å². The summed E-state index contributed by atoms with van der Waals surface area (Å²) in [5, 5.41) is 0. The highest BCUT2D eigenvalue weighted by atomic mass is 16.5. The number of aliphatic imine (C=N–C) groups is 1. The first kappa shape index (κ1) is 9.85. The van der Waals surface area contributed by atoms with Gasteiger partial charge >= 0.3 is 5.97 Å². The summed E-state index contributed by atoms with van der Waals surface area (Å²) in [6.45, 7) is 2.19. The lowest BCUT2D eigenvalue weighted by atomic mass is 10.4. The number of rotatable bonds is 5. The summed E-state index contributed by atoms with van der Waals surface area (Å²) < 4.78 is 4.67. The second kappa shape index (κ2) is 6.96. The lowest BCUT2D eigenvalue weighted by molar-refractivity contribution is -0.141. The van der Waals surface area contributed by atoms with Gasteiger partial charge in [0.1, 0.15) is 6.54 Å². The summed E-state index contributed by atoms with van der Waals surface area (Å²) in [4.78, 5) is 23.2. The fourth-order valence-electron chi connectivity index (χ4n) is 0.473. The van der Waals surface area contributed by atoms with Crippen LogP contribution in [0.1, 0.15) is 19.8 Å². The molecular weight excluding hydrogens is 146 g/mol.